The lowest BCUT2D eigenvalue weighted by atomic mass is 9.87. The van der Waals surface area contributed by atoms with Gasteiger partial charge in [0, 0.05) is 5.41 Å². The van der Waals surface area contributed by atoms with E-state index in [9.17, 15) is 4.79 Å². The van der Waals surface area contributed by atoms with E-state index in [1.165, 1.54) is 6.21 Å². The molecule has 0 aromatic heterocycles. The Morgan fingerprint density at radius 1 is 1.45 bits per heavy atom. The maximum Gasteiger partial charge on any atom is 0.181 e. The molecule has 0 aliphatic carbocycles. The molecule has 0 unspecified atom stereocenters. The second-order valence-electron chi connectivity index (χ2n) is 3.68. The highest BCUT2D eigenvalue weighted by atomic mass is 16.1. The lowest BCUT2D eigenvalue weighted by Gasteiger charge is -2.20. The van der Waals surface area contributed by atoms with Gasteiger partial charge in [-0.25, -0.2) is 0 Å². The molecule has 0 radical (unpaired) electrons. The molecule has 1 aliphatic rings. The Kier molecular flexibility index (Phi) is 1.89. The lowest BCUT2D eigenvalue weighted by Crippen LogP contribution is -2.25. The van der Waals surface area contributed by atoms with Crippen molar-refractivity contribution in [1.29, 1.82) is 0 Å². The molecule has 0 saturated carbocycles. The maximum absolute atomic E-state index is 10.9. The number of rotatable bonds is 0. The van der Waals surface area contributed by atoms with Gasteiger partial charge in [0.25, 0.3) is 0 Å². The average Bonchev–Trinajstić information content (AvgIpc) is 1.86. The van der Waals surface area contributed by atoms with Crippen LogP contribution in [0.4, 0.5) is 0 Å². The molecule has 0 N–H and O–H groups in total. The van der Waals surface area contributed by atoms with E-state index in [0.717, 1.165) is 5.71 Å². The van der Waals surface area contributed by atoms with Crippen molar-refractivity contribution in [2.75, 3.05) is 0 Å². The Labute approximate surface area is 66.2 Å². The first-order valence-electron chi connectivity index (χ1n) is 3.63. The average molecular weight is 152 g/mol. The molecule has 3 nitrogen and oxygen atoms in total. The van der Waals surface area contributed by atoms with Crippen LogP contribution in [0.2, 0.25) is 0 Å². The predicted octanol–water partition coefficient (Wildman–Crippen LogP) is 1.43. The van der Waals surface area contributed by atoms with Gasteiger partial charge in [-0.2, -0.15) is 10.2 Å². The molecular formula is C8H12N2O. The fourth-order valence-corrected chi connectivity index (χ4v) is 0.824. The highest BCUT2D eigenvalue weighted by Crippen LogP contribution is 2.19. The highest BCUT2D eigenvalue weighted by molar-refractivity contribution is 6.33. The van der Waals surface area contributed by atoms with Gasteiger partial charge >= 0.3 is 0 Å². The molecule has 3 heteroatoms. The van der Waals surface area contributed by atoms with Gasteiger partial charge in [0.1, 0.15) is 0 Å². The second kappa shape index (κ2) is 2.57. The van der Waals surface area contributed by atoms with Gasteiger partial charge in [-0.15, -0.1) is 0 Å². The summed E-state index contributed by atoms with van der Waals surface area (Å²) in [6.07, 6.45) is 1.70. The number of Topliss-reactive ketones (excluding diaryl/α,β-unsaturated/α-hetero) is 1. The van der Waals surface area contributed by atoms with E-state index >= 15 is 0 Å². The van der Waals surface area contributed by atoms with Gasteiger partial charge in [0.15, 0.2) is 5.78 Å². The Morgan fingerprint density at radius 3 is 2.45 bits per heavy atom. The van der Waals surface area contributed by atoms with Crippen LogP contribution in [-0.4, -0.2) is 17.7 Å². The first-order valence-corrected chi connectivity index (χ1v) is 3.63. The summed E-state index contributed by atoms with van der Waals surface area (Å²) in [7, 11) is 0. The molecule has 60 valence electrons. The topological polar surface area (TPSA) is 41.8 Å². The summed E-state index contributed by atoms with van der Waals surface area (Å²) >= 11 is 0. The normalized spacial score (nSPS) is 18.5. The lowest BCUT2D eigenvalue weighted by molar-refractivity contribution is -0.111. The van der Waals surface area contributed by atoms with Gasteiger partial charge in [-0.1, -0.05) is 20.8 Å². The van der Waals surface area contributed by atoms with Gasteiger partial charge < -0.3 is 0 Å². The third-order valence-electron chi connectivity index (χ3n) is 1.59. The third-order valence-corrected chi connectivity index (χ3v) is 1.59. The minimum absolute atomic E-state index is 0.0343. The smallest absolute Gasteiger partial charge is 0.181 e. The van der Waals surface area contributed by atoms with E-state index in [1.807, 2.05) is 20.8 Å². The number of carbonyl (C=O) groups is 1. The van der Waals surface area contributed by atoms with Crippen LogP contribution in [0.25, 0.3) is 0 Å². The van der Waals surface area contributed by atoms with Crippen LogP contribution in [0.15, 0.2) is 10.2 Å². The fraction of sp³-hybridized carbons (Fsp3) is 0.625. The molecule has 0 fully saturated rings. The van der Waals surface area contributed by atoms with E-state index in [4.69, 9.17) is 0 Å². The van der Waals surface area contributed by atoms with Crippen molar-refractivity contribution in [3.05, 3.63) is 0 Å². The van der Waals surface area contributed by atoms with Crippen LogP contribution < -0.4 is 0 Å². The van der Waals surface area contributed by atoms with Crippen molar-refractivity contribution >= 4 is 17.7 Å². The molecule has 0 atom stereocenters. The standard InChI is InChI=1S/C8H12N2O/c1-8(2,3)7-4-6(11)5-9-10-7/h5H,4H2,1-3H3. The second-order valence-corrected chi connectivity index (χ2v) is 3.68. The van der Waals surface area contributed by atoms with E-state index in [2.05, 4.69) is 10.2 Å². The molecule has 0 bridgehead atoms. The first kappa shape index (κ1) is 8.11. The zero-order chi connectivity index (χ0) is 8.48. The van der Waals surface area contributed by atoms with Gasteiger partial charge in [0.2, 0.25) is 0 Å². The monoisotopic (exact) mass is 152 g/mol. The molecule has 0 aromatic rings. The van der Waals surface area contributed by atoms with E-state index in [0.29, 0.717) is 6.42 Å². The Balaban J connectivity index is 2.83. The highest BCUT2D eigenvalue weighted by Gasteiger charge is 2.22. The summed E-state index contributed by atoms with van der Waals surface area (Å²) in [4.78, 5) is 10.9. The van der Waals surface area contributed by atoms with Crippen molar-refractivity contribution < 1.29 is 4.79 Å². The molecule has 1 rings (SSSR count). The van der Waals surface area contributed by atoms with E-state index in [-0.39, 0.29) is 11.2 Å². The molecule has 1 heterocycles. The molecule has 0 saturated heterocycles. The van der Waals surface area contributed by atoms with Crippen molar-refractivity contribution in [2.24, 2.45) is 15.6 Å². The number of hydrogen-bond acceptors (Lipinski definition) is 3. The predicted molar refractivity (Wildman–Crippen MR) is 45.0 cm³/mol. The molecule has 11 heavy (non-hydrogen) atoms. The third kappa shape index (κ3) is 1.97. The zero-order valence-corrected chi connectivity index (χ0v) is 7.09. The van der Waals surface area contributed by atoms with Gasteiger partial charge in [-0.05, 0) is 0 Å². The first-order chi connectivity index (χ1) is 5.00. The number of hydrogen-bond donors (Lipinski definition) is 0. The fourth-order valence-electron chi connectivity index (χ4n) is 0.824. The summed E-state index contributed by atoms with van der Waals surface area (Å²) in [5.41, 5.74) is 0.831. The Bertz CT molecular complexity index is 233. The maximum atomic E-state index is 10.9. The zero-order valence-electron chi connectivity index (χ0n) is 7.09. The molecule has 0 aromatic carbocycles. The minimum atomic E-state index is -0.0343. The van der Waals surface area contributed by atoms with Gasteiger partial charge in [0.05, 0.1) is 18.3 Å². The van der Waals surface area contributed by atoms with Crippen molar-refractivity contribution in [2.45, 2.75) is 27.2 Å². The van der Waals surface area contributed by atoms with Gasteiger partial charge in [-0.3, -0.25) is 4.79 Å². The Hall–Kier alpha value is -0.990. The summed E-state index contributed by atoms with van der Waals surface area (Å²) in [6.45, 7) is 6.08. The van der Waals surface area contributed by atoms with Crippen LogP contribution in [-0.2, 0) is 4.79 Å². The largest absolute Gasteiger partial charge is 0.293 e. The van der Waals surface area contributed by atoms with Crippen molar-refractivity contribution in [1.82, 2.24) is 0 Å². The molecule has 1 aliphatic heterocycles. The summed E-state index contributed by atoms with van der Waals surface area (Å²) in [5.74, 6) is 0.0462. The Morgan fingerprint density at radius 2 is 2.09 bits per heavy atom. The van der Waals surface area contributed by atoms with Crippen LogP contribution in [0.5, 0.6) is 0 Å². The molecule has 0 amide bonds. The van der Waals surface area contributed by atoms with E-state index in [1.54, 1.807) is 0 Å². The molecular weight excluding hydrogens is 140 g/mol. The quantitative estimate of drug-likeness (QED) is 0.517. The van der Waals surface area contributed by atoms with Crippen LogP contribution >= 0.6 is 0 Å². The SMILES string of the molecule is CC(C)(C)C1=NN=CC(=O)C1. The minimum Gasteiger partial charge on any atom is -0.293 e. The van der Waals surface area contributed by atoms with Crippen molar-refractivity contribution in [3.8, 4) is 0 Å². The van der Waals surface area contributed by atoms with E-state index < -0.39 is 0 Å². The number of carbonyl (C=O) groups excluding carboxylic acids is 1. The van der Waals surface area contributed by atoms with Crippen LogP contribution in [0.3, 0.4) is 0 Å². The number of ketones is 1. The molecule has 0 spiro atoms. The summed E-state index contributed by atoms with van der Waals surface area (Å²) in [5, 5.41) is 7.54. The summed E-state index contributed by atoms with van der Waals surface area (Å²) in [6, 6.07) is 0. The van der Waals surface area contributed by atoms with Crippen LogP contribution in [0, 0.1) is 5.41 Å². The summed E-state index contributed by atoms with van der Waals surface area (Å²) < 4.78 is 0. The number of nitrogens with zero attached hydrogens (tertiary/aromatic N) is 2. The van der Waals surface area contributed by atoms with Crippen LogP contribution in [0.1, 0.15) is 27.2 Å². The van der Waals surface area contributed by atoms with Crippen molar-refractivity contribution in [3.63, 3.8) is 0 Å².